The molecule has 0 radical (unpaired) electrons. The maximum atomic E-state index is 11.8. The molecule has 1 rings (SSSR count). The van der Waals surface area contributed by atoms with E-state index < -0.39 is 0 Å². The van der Waals surface area contributed by atoms with Gasteiger partial charge in [0.25, 0.3) is 5.91 Å². The predicted octanol–water partition coefficient (Wildman–Crippen LogP) is 1.90. The molecule has 0 bridgehead atoms. The first kappa shape index (κ1) is 12.5. The second-order valence-electron chi connectivity index (χ2n) is 4.90. The highest BCUT2D eigenvalue weighted by Gasteiger charge is 2.13. The average molecular weight is 221 g/mol. The molecule has 0 fully saturated rings. The van der Waals surface area contributed by atoms with E-state index in [1.165, 1.54) is 0 Å². The highest BCUT2D eigenvalue weighted by Crippen LogP contribution is 2.11. The third-order valence-electron chi connectivity index (χ3n) is 2.02. The minimum Gasteiger partial charge on any atom is -0.373 e. The lowest BCUT2D eigenvalue weighted by Crippen LogP contribution is -2.32. The lowest BCUT2D eigenvalue weighted by molar-refractivity contribution is 0.0934. The van der Waals surface area contributed by atoms with Crippen LogP contribution >= 0.6 is 0 Å². The molecule has 88 valence electrons. The molecule has 0 unspecified atom stereocenters. The Morgan fingerprint density at radius 2 is 2.06 bits per heavy atom. The Morgan fingerprint density at radius 3 is 2.62 bits per heavy atom. The van der Waals surface area contributed by atoms with E-state index in [4.69, 9.17) is 0 Å². The molecule has 0 saturated carbocycles. The first-order valence-electron chi connectivity index (χ1n) is 5.35. The molecule has 1 aromatic heterocycles. The average Bonchev–Trinajstić information content (AvgIpc) is 2.25. The van der Waals surface area contributed by atoms with Gasteiger partial charge in [0.1, 0.15) is 11.5 Å². The number of pyridine rings is 1. The predicted molar refractivity (Wildman–Crippen MR) is 65.6 cm³/mol. The Bertz CT molecular complexity index is 369. The van der Waals surface area contributed by atoms with Crippen molar-refractivity contribution >= 4 is 11.7 Å². The van der Waals surface area contributed by atoms with Crippen molar-refractivity contribution in [2.75, 3.05) is 18.9 Å². The van der Waals surface area contributed by atoms with Gasteiger partial charge in [-0.1, -0.05) is 26.8 Å². The summed E-state index contributed by atoms with van der Waals surface area (Å²) in [4.78, 5) is 15.9. The van der Waals surface area contributed by atoms with Gasteiger partial charge in [-0.2, -0.15) is 0 Å². The van der Waals surface area contributed by atoms with Gasteiger partial charge in [-0.3, -0.25) is 4.79 Å². The van der Waals surface area contributed by atoms with E-state index in [0.29, 0.717) is 18.1 Å². The lowest BCUT2D eigenvalue weighted by atomic mass is 9.97. The second-order valence-corrected chi connectivity index (χ2v) is 4.90. The topological polar surface area (TPSA) is 54.0 Å². The van der Waals surface area contributed by atoms with Crippen LogP contribution in [0.1, 0.15) is 31.3 Å². The maximum absolute atomic E-state index is 11.8. The van der Waals surface area contributed by atoms with Crippen LogP contribution in [0.15, 0.2) is 18.2 Å². The minimum absolute atomic E-state index is 0.0796. The van der Waals surface area contributed by atoms with Crippen molar-refractivity contribution in [3.05, 3.63) is 23.9 Å². The number of nitrogens with zero attached hydrogens (tertiary/aromatic N) is 1. The fourth-order valence-electron chi connectivity index (χ4n) is 1.14. The van der Waals surface area contributed by atoms with Crippen LogP contribution in [0.3, 0.4) is 0 Å². The standard InChI is InChI=1S/C12H19N3O/c1-12(2,3)8-14-11(16)9-6-5-7-10(13-4)15-9/h5-7H,8H2,1-4H3,(H,13,15)(H,14,16). The summed E-state index contributed by atoms with van der Waals surface area (Å²) in [5, 5.41) is 5.76. The zero-order valence-corrected chi connectivity index (χ0v) is 10.3. The van der Waals surface area contributed by atoms with Gasteiger partial charge in [0.05, 0.1) is 0 Å². The molecule has 0 aliphatic carbocycles. The molecule has 4 nitrogen and oxygen atoms in total. The smallest absolute Gasteiger partial charge is 0.269 e. The fraction of sp³-hybridized carbons (Fsp3) is 0.500. The summed E-state index contributed by atoms with van der Waals surface area (Å²) in [5.74, 6) is 0.565. The number of rotatable bonds is 3. The molecule has 1 aromatic rings. The van der Waals surface area contributed by atoms with E-state index in [-0.39, 0.29) is 11.3 Å². The summed E-state index contributed by atoms with van der Waals surface area (Å²) < 4.78 is 0. The monoisotopic (exact) mass is 221 g/mol. The van der Waals surface area contributed by atoms with Crippen molar-refractivity contribution in [3.63, 3.8) is 0 Å². The number of amides is 1. The number of carbonyl (C=O) groups excluding carboxylic acids is 1. The van der Waals surface area contributed by atoms with Crippen LogP contribution in [0, 0.1) is 5.41 Å². The quantitative estimate of drug-likeness (QED) is 0.819. The number of aromatic nitrogens is 1. The lowest BCUT2D eigenvalue weighted by Gasteiger charge is -2.18. The summed E-state index contributed by atoms with van der Waals surface area (Å²) in [5.41, 5.74) is 0.520. The molecule has 2 N–H and O–H groups in total. The Labute approximate surface area is 96.5 Å². The number of carbonyl (C=O) groups is 1. The van der Waals surface area contributed by atoms with Crippen LogP contribution in [0.25, 0.3) is 0 Å². The highest BCUT2D eigenvalue weighted by molar-refractivity contribution is 5.92. The van der Waals surface area contributed by atoms with Gasteiger partial charge in [-0.25, -0.2) is 4.98 Å². The molecule has 1 amide bonds. The minimum atomic E-state index is -0.132. The number of nitrogens with one attached hydrogen (secondary N) is 2. The molecule has 0 aliphatic rings. The van der Waals surface area contributed by atoms with Crippen molar-refractivity contribution in [3.8, 4) is 0 Å². The third kappa shape index (κ3) is 3.88. The normalized spacial score (nSPS) is 11.0. The third-order valence-corrected chi connectivity index (χ3v) is 2.02. The largest absolute Gasteiger partial charge is 0.373 e. The van der Waals surface area contributed by atoms with Gasteiger partial charge in [0, 0.05) is 13.6 Å². The molecular weight excluding hydrogens is 202 g/mol. The second kappa shape index (κ2) is 4.96. The van der Waals surface area contributed by atoms with Crippen molar-refractivity contribution < 1.29 is 4.79 Å². The van der Waals surface area contributed by atoms with Crippen LogP contribution in [0.2, 0.25) is 0 Å². The summed E-state index contributed by atoms with van der Waals surface area (Å²) >= 11 is 0. The summed E-state index contributed by atoms with van der Waals surface area (Å²) in [6.45, 7) is 6.86. The van der Waals surface area contributed by atoms with Gasteiger partial charge < -0.3 is 10.6 Å². The van der Waals surface area contributed by atoms with E-state index in [2.05, 4.69) is 36.4 Å². The molecule has 1 heterocycles. The van der Waals surface area contributed by atoms with E-state index in [1.807, 2.05) is 12.1 Å². The number of hydrogen-bond acceptors (Lipinski definition) is 3. The van der Waals surface area contributed by atoms with Crippen molar-refractivity contribution in [2.45, 2.75) is 20.8 Å². The molecular formula is C12H19N3O. The van der Waals surface area contributed by atoms with Crippen LogP contribution in [0.5, 0.6) is 0 Å². The molecule has 0 atom stereocenters. The van der Waals surface area contributed by atoms with Crippen molar-refractivity contribution in [1.82, 2.24) is 10.3 Å². The SMILES string of the molecule is CNc1cccc(C(=O)NCC(C)(C)C)n1. The Kier molecular flexibility index (Phi) is 3.88. The summed E-state index contributed by atoms with van der Waals surface area (Å²) in [7, 11) is 1.78. The van der Waals surface area contributed by atoms with Crippen LogP contribution < -0.4 is 10.6 Å². The van der Waals surface area contributed by atoms with Crippen LogP contribution in [-0.4, -0.2) is 24.5 Å². The fourth-order valence-corrected chi connectivity index (χ4v) is 1.14. The van der Waals surface area contributed by atoms with Gasteiger partial charge in [0.15, 0.2) is 0 Å². The van der Waals surface area contributed by atoms with Gasteiger partial charge in [-0.05, 0) is 17.5 Å². The Hall–Kier alpha value is -1.58. The number of hydrogen-bond donors (Lipinski definition) is 2. The van der Waals surface area contributed by atoms with Crippen molar-refractivity contribution in [1.29, 1.82) is 0 Å². The molecule has 4 heteroatoms. The van der Waals surface area contributed by atoms with E-state index in [9.17, 15) is 4.79 Å². The summed E-state index contributed by atoms with van der Waals surface area (Å²) in [6, 6.07) is 5.34. The molecule has 16 heavy (non-hydrogen) atoms. The zero-order chi connectivity index (χ0) is 12.2. The Balaban J connectivity index is 2.66. The highest BCUT2D eigenvalue weighted by atomic mass is 16.1. The van der Waals surface area contributed by atoms with Crippen molar-refractivity contribution in [2.24, 2.45) is 5.41 Å². The molecule has 0 aromatic carbocycles. The van der Waals surface area contributed by atoms with Crippen LogP contribution in [0.4, 0.5) is 5.82 Å². The maximum Gasteiger partial charge on any atom is 0.269 e. The van der Waals surface area contributed by atoms with Gasteiger partial charge in [-0.15, -0.1) is 0 Å². The first-order valence-corrected chi connectivity index (χ1v) is 5.35. The first-order chi connectivity index (χ1) is 7.42. The zero-order valence-electron chi connectivity index (χ0n) is 10.3. The van der Waals surface area contributed by atoms with E-state index in [1.54, 1.807) is 13.1 Å². The summed E-state index contributed by atoms with van der Waals surface area (Å²) in [6.07, 6.45) is 0. The van der Waals surface area contributed by atoms with E-state index in [0.717, 1.165) is 0 Å². The molecule has 0 aliphatic heterocycles. The molecule has 0 saturated heterocycles. The van der Waals surface area contributed by atoms with Gasteiger partial charge in [0.2, 0.25) is 0 Å². The Morgan fingerprint density at radius 1 is 1.38 bits per heavy atom. The van der Waals surface area contributed by atoms with Gasteiger partial charge >= 0.3 is 0 Å². The van der Waals surface area contributed by atoms with E-state index >= 15 is 0 Å². The molecule has 0 spiro atoms. The van der Waals surface area contributed by atoms with Crippen LogP contribution in [-0.2, 0) is 0 Å². The number of anilines is 1.